The van der Waals surface area contributed by atoms with Crippen LogP contribution >= 0.6 is 0 Å². The van der Waals surface area contributed by atoms with Crippen LogP contribution < -0.4 is 9.47 Å². The first-order chi connectivity index (χ1) is 16.0. The first kappa shape index (κ1) is 22.8. The predicted molar refractivity (Wildman–Crippen MR) is 124 cm³/mol. The number of azide groups is 1. The normalized spacial score (nSPS) is 16.2. The first-order valence-electron chi connectivity index (χ1n) is 11.4. The van der Waals surface area contributed by atoms with E-state index in [1.165, 1.54) is 11.1 Å². The fourth-order valence-corrected chi connectivity index (χ4v) is 4.71. The maximum atomic E-state index is 12.5. The Kier molecular flexibility index (Phi) is 6.96. The number of rotatable bonds is 8. The van der Waals surface area contributed by atoms with Gasteiger partial charge in [0.25, 0.3) is 0 Å². The quantitative estimate of drug-likeness (QED) is 0.139. The van der Waals surface area contributed by atoms with Gasteiger partial charge in [0, 0.05) is 42.4 Å². The van der Waals surface area contributed by atoms with Crippen LogP contribution in [0.3, 0.4) is 0 Å². The Hall–Kier alpha value is -3.35. The minimum Gasteiger partial charge on any atom is -0.422 e. The molecule has 0 N–H and O–H groups in total. The molecule has 0 amide bonds. The summed E-state index contributed by atoms with van der Waals surface area (Å²) in [6, 6.07) is 10.2. The van der Waals surface area contributed by atoms with Crippen LogP contribution in [-0.4, -0.2) is 37.0 Å². The Morgan fingerprint density at radius 3 is 2.76 bits per heavy atom. The lowest BCUT2D eigenvalue weighted by molar-refractivity contribution is -0.137. The Morgan fingerprint density at radius 1 is 1.15 bits per heavy atom. The van der Waals surface area contributed by atoms with Gasteiger partial charge in [-0.15, -0.1) is 0 Å². The van der Waals surface area contributed by atoms with E-state index in [1.54, 1.807) is 6.07 Å². The average Bonchev–Trinajstić information content (AvgIpc) is 2.80. The number of carbonyl (C=O) groups excluding carboxylic acids is 2. The van der Waals surface area contributed by atoms with Crippen molar-refractivity contribution in [3.05, 3.63) is 57.5 Å². The topological polar surface area (TPSA) is 105 Å². The highest BCUT2D eigenvalue weighted by Crippen LogP contribution is 2.50. The van der Waals surface area contributed by atoms with Crippen molar-refractivity contribution in [3.8, 4) is 22.6 Å². The van der Waals surface area contributed by atoms with Gasteiger partial charge in [0.1, 0.15) is 0 Å². The highest BCUT2D eigenvalue weighted by molar-refractivity contribution is 5.87. The van der Waals surface area contributed by atoms with Gasteiger partial charge in [0.05, 0.1) is 0 Å². The Bertz CT molecular complexity index is 1120. The molecule has 2 aromatic carbocycles. The van der Waals surface area contributed by atoms with Gasteiger partial charge in [-0.1, -0.05) is 36.3 Å². The van der Waals surface area contributed by atoms with Crippen molar-refractivity contribution in [2.75, 3.05) is 20.1 Å². The highest BCUT2D eigenvalue weighted by Gasteiger charge is 2.35. The van der Waals surface area contributed by atoms with Crippen molar-refractivity contribution >= 4 is 11.9 Å². The molecule has 0 bridgehead atoms. The van der Waals surface area contributed by atoms with E-state index in [2.05, 4.69) is 34.1 Å². The van der Waals surface area contributed by atoms with E-state index >= 15 is 0 Å². The maximum absolute atomic E-state index is 12.5. The summed E-state index contributed by atoms with van der Waals surface area (Å²) < 4.78 is 11.5. The molecule has 0 fully saturated rings. The average molecular weight is 449 g/mol. The lowest BCUT2D eigenvalue weighted by Crippen LogP contribution is -2.35. The number of hydrogen-bond acceptors (Lipinski definition) is 6. The number of benzene rings is 2. The molecule has 1 atom stereocenters. The van der Waals surface area contributed by atoms with E-state index in [4.69, 9.17) is 15.0 Å². The summed E-state index contributed by atoms with van der Waals surface area (Å²) in [5.41, 5.74) is 13.9. The molecule has 0 saturated heterocycles. The van der Waals surface area contributed by atoms with Gasteiger partial charge in [-0.2, -0.15) is 0 Å². The molecule has 8 heteroatoms. The number of ether oxygens (including phenoxy) is 2. The van der Waals surface area contributed by atoms with Crippen LogP contribution in [0.4, 0.5) is 0 Å². The number of fused-ring (bicyclic) bond motifs is 2. The van der Waals surface area contributed by atoms with Crippen LogP contribution in [-0.2, 0) is 22.4 Å². The summed E-state index contributed by atoms with van der Waals surface area (Å²) >= 11 is 0. The second-order valence-electron chi connectivity index (χ2n) is 8.51. The molecule has 2 aromatic rings. The van der Waals surface area contributed by atoms with Crippen LogP contribution in [0.15, 0.2) is 35.4 Å². The minimum absolute atomic E-state index is 0.103. The zero-order valence-electron chi connectivity index (χ0n) is 19.0. The van der Waals surface area contributed by atoms with Crippen LogP contribution in [0.2, 0.25) is 0 Å². The van der Waals surface area contributed by atoms with Crippen molar-refractivity contribution < 1.29 is 19.1 Å². The molecule has 8 nitrogen and oxygen atoms in total. The predicted octanol–water partition coefficient (Wildman–Crippen LogP) is 5.14. The van der Waals surface area contributed by atoms with Crippen molar-refractivity contribution in [2.24, 2.45) is 5.11 Å². The number of esters is 2. The third-order valence-corrected chi connectivity index (χ3v) is 6.28. The monoisotopic (exact) mass is 448 g/mol. The first-order valence-corrected chi connectivity index (χ1v) is 11.4. The number of nitrogens with zero attached hydrogens (tertiary/aromatic N) is 4. The molecule has 0 aromatic heterocycles. The summed E-state index contributed by atoms with van der Waals surface area (Å²) in [6.07, 6.45) is 3.20. The second-order valence-corrected chi connectivity index (χ2v) is 8.51. The van der Waals surface area contributed by atoms with E-state index in [-0.39, 0.29) is 37.1 Å². The third-order valence-electron chi connectivity index (χ3n) is 6.28. The summed E-state index contributed by atoms with van der Waals surface area (Å²) in [5.74, 6) is -0.253. The fraction of sp³-hybridized carbons (Fsp3) is 0.440. The molecule has 0 saturated carbocycles. The molecule has 0 unspecified atom stereocenters. The van der Waals surface area contributed by atoms with Crippen molar-refractivity contribution in [1.29, 1.82) is 0 Å². The lowest BCUT2D eigenvalue weighted by Gasteiger charge is -2.40. The molecule has 1 aliphatic heterocycles. The summed E-state index contributed by atoms with van der Waals surface area (Å²) in [7, 11) is 2.14. The van der Waals surface area contributed by atoms with E-state index in [1.807, 2.05) is 19.1 Å². The maximum Gasteiger partial charge on any atom is 0.311 e. The second kappa shape index (κ2) is 10.1. The Labute approximate surface area is 193 Å². The van der Waals surface area contributed by atoms with E-state index in [0.29, 0.717) is 18.6 Å². The summed E-state index contributed by atoms with van der Waals surface area (Å²) in [6.45, 7) is 3.14. The SMILES string of the molecule is CCCC(=O)Oc1c(OC(=O)CCCN=[N+]=[N-])ccc2c1-c1cccc3c1[C@@H](C2)N(C)CC3. The van der Waals surface area contributed by atoms with Gasteiger partial charge < -0.3 is 9.47 Å². The Balaban J connectivity index is 1.75. The molecule has 33 heavy (non-hydrogen) atoms. The van der Waals surface area contributed by atoms with Gasteiger partial charge >= 0.3 is 11.9 Å². The van der Waals surface area contributed by atoms with Gasteiger partial charge in [0.15, 0.2) is 11.5 Å². The lowest BCUT2D eigenvalue weighted by atomic mass is 9.77. The molecule has 4 rings (SSSR count). The zero-order valence-corrected chi connectivity index (χ0v) is 19.0. The molecular formula is C25H28N4O4. The standard InChI is InChI=1S/C25H28N4O4/c1-3-6-21(30)33-25-20(32-22(31)9-5-13-27-28-26)11-10-17-15-19-23-16(12-14-29(19)2)7-4-8-18(23)24(17)25/h4,7-8,10-11,19H,3,5-6,9,12-15H2,1-2H3/t19-/m1/s1. The van der Waals surface area contributed by atoms with Crippen LogP contribution in [0.25, 0.3) is 21.6 Å². The molecule has 2 aliphatic rings. The zero-order chi connectivity index (χ0) is 23.4. The van der Waals surface area contributed by atoms with Crippen molar-refractivity contribution in [2.45, 2.75) is 51.5 Å². The molecular weight excluding hydrogens is 420 g/mol. The van der Waals surface area contributed by atoms with Gasteiger partial charge in [-0.3, -0.25) is 14.5 Å². The van der Waals surface area contributed by atoms with E-state index < -0.39 is 5.97 Å². The van der Waals surface area contributed by atoms with E-state index in [0.717, 1.165) is 36.1 Å². The van der Waals surface area contributed by atoms with Crippen LogP contribution in [0.1, 0.15) is 55.3 Å². The van der Waals surface area contributed by atoms with Gasteiger partial charge in [-0.05, 0) is 66.6 Å². The smallest absolute Gasteiger partial charge is 0.311 e. The highest BCUT2D eigenvalue weighted by atomic mass is 16.6. The van der Waals surface area contributed by atoms with Crippen molar-refractivity contribution in [3.63, 3.8) is 0 Å². The van der Waals surface area contributed by atoms with Gasteiger partial charge in [-0.25, -0.2) is 0 Å². The third kappa shape index (κ3) is 4.72. The Morgan fingerprint density at radius 2 is 1.97 bits per heavy atom. The molecule has 1 aliphatic carbocycles. The number of hydrogen-bond donors (Lipinski definition) is 0. The minimum atomic E-state index is -0.459. The van der Waals surface area contributed by atoms with Crippen LogP contribution in [0, 0.1) is 0 Å². The molecule has 1 heterocycles. The van der Waals surface area contributed by atoms with Crippen LogP contribution in [0.5, 0.6) is 11.5 Å². The molecule has 172 valence electrons. The van der Waals surface area contributed by atoms with E-state index in [9.17, 15) is 9.59 Å². The molecule has 0 radical (unpaired) electrons. The van der Waals surface area contributed by atoms with Gasteiger partial charge in [0.2, 0.25) is 0 Å². The molecule has 0 spiro atoms. The largest absolute Gasteiger partial charge is 0.422 e. The fourth-order valence-electron chi connectivity index (χ4n) is 4.71. The number of carbonyl (C=O) groups is 2. The number of likely N-dealkylation sites (N-methyl/N-ethyl adjacent to an activating group) is 1. The summed E-state index contributed by atoms with van der Waals surface area (Å²) in [4.78, 5) is 30.0. The van der Waals surface area contributed by atoms with Crippen molar-refractivity contribution in [1.82, 2.24) is 4.90 Å². The summed E-state index contributed by atoms with van der Waals surface area (Å²) in [5, 5.41) is 3.45.